The predicted molar refractivity (Wildman–Crippen MR) is 51.7 cm³/mol. The normalized spacial score (nSPS) is 10.1. The molecule has 0 aliphatic carbocycles. The molecule has 0 aliphatic heterocycles. The number of rotatable bonds is 2. The molecule has 1 aromatic heterocycles. The number of hydrogen-bond donors (Lipinski definition) is 0. The summed E-state index contributed by atoms with van der Waals surface area (Å²) in [6, 6.07) is 0. The van der Waals surface area contributed by atoms with Gasteiger partial charge in [0.1, 0.15) is 12.2 Å². The maximum absolute atomic E-state index is 4.14. The second-order valence-corrected chi connectivity index (χ2v) is 2.42. The molecule has 0 aromatic carbocycles. The Morgan fingerprint density at radius 1 is 1.62 bits per heavy atom. The Hall–Kier alpha value is -1.63. The van der Waals surface area contributed by atoms with Gasteiger partial charge in [-0.3, -0.25) is 4.99 Å². The van der Waals surface area contributed by atoms with E-state index in [9.17, 15) is 0 Å². The van der Waals surface area contributed by atoms with Crippen molar-refractivity contribution < 1.29 is 0 Å². The SMILES string of the molecule is CC#Cc1nc(C)nn1/C=N\CC. The van der Waals surface area contributed by atoms with Crippen molar-refractivity contribution in [3.05, 3.63) is 11.6 Å². The Morgan fingerprint density at radius 3 is 3.00 bits per heavy atom. The van der Waals surface area contributed by atoms with Crippen molar-refractivity contribution in [2.75, 3.05) is 6.54 Å². The Bertz CT molecular complexity index is 365. The van der Waals surface area contributed by atoms with Gasteiger partial charge >= 0.3 is 0 Å². The highest BCUT2D eigenvalue weighted by atomic mass is 15.3. The summed E-state index contributed by atoms with van der Waals surface area (Å²) in [5.74, 6) is 6.98. The minimum absolute atomic E-state index is 0.636. The highest BCUT2D eigenvalue weighted by Gasteiger charge is 2.00. The average molecular weight is 176 g/mol. The molecule has 4 heteroatoms. The third kappa shape index (κ3) is 2.41. The molecule has 0 saturated carbocycles. The number of aryl methyl sites for hydroxylation is 1. The van der Waals surface area contributed by atoms with Crippen LogP contribution in [0, 0.1) is 18.8 Å². The fourth-order valence-electron chi connectivity index (χ4n) is 0.867. The molecule has 0 unspecified atom stereocenters. The topological polar surface area (TPSA) is 43.1 Å². The van der Waals surface area contributed by atoms with E-state index in [0.29, 0.717) is 11.6 Å². The van der Waals surface area contributed by atoms with Gasteiger partial charge < -0.3 is 0 Å². The van der Waals surface area contributed by atoms with Crippen LogP contribution in [0.2, 0.25) is 0 Å². The molecule has 0 N–H and O–H groups in total. The Balaban J connectivity index is 3.02. The third-order valence-electron chi connectivity index (χ3n) is 1.35. The lowest BCUT2D eigenvalue weighted by Gasteiger charge is -1.89. The van der Waals surface area contributed by atoms with Gasteiger partial charge in [0.15, 0.2) is 0 Å². The maximum Gasteiger partial charge on any atom is 0.209 e. The molecule has 1 rings (SSSR count). The van der Waals surface area contributed by atoms with Crippen LogP contribution in [0.1, 0.15) is 25.5 Å². The summed E-state index contributed by atoms with van der Waals surface area (Å²) in [6.07, 6.45) is 1.64. The van der Waals surface area contributed by atoms with Crippen LogP contribution in [0.15, 0.2) is 4.99 Å². The minimum atomic E-state index is 0.636. The van der Waals surface area contributed by atoms with Crippen molar-refractivity contribution in [1.29, 1.82) is 0 Å². The molecule has 13 heavy (non-hydrogen) atoms. The summed E-state index contributed by atoms with van der Waals surface area (Å²) in [6.45, 7) is 6.30. The van der Waals surface area contributed by atoms with E-state index in [2.05, 4.69) is 26.9 Å². The van der Waals surface area contributed by atoms with E-state index in [-0.39, 0.29) is 0 Å². The van der Waals surface area contributed by atoms with Crippen LogP contribution in [-0.4, -0.2) is 27.6 Å². The smallest absolute Gasteiger partial charge is 0.209 e. The van der Waals surface area contributed by atoms with Gasteiger partial charge in [0, 0.05) is 6.54 Å². The lowest BCUT2D eigenvalue weighted by atomic mass is 10.5. The van der Waals surface area contributed by atoms with Crippen molar-refractivity contribution >= 4 is 6.34 Å². The first-order valence-corrected chi connectivity index (χ1v) is 4.13. The van der Waals surface area contributed by atoms with Crippen LogP contribution < -0.4 is 0 Å². The summed E-state index contributed by atoms with van der Waals surface area (Å²) in [5.41, 5.74) is 0. The van der Waals surface area contributed by atoms with Crippen LogP contribution >= 0.6 is 0 Å². The van der Waals surface area contributed by atoms with Gasteiger partial charge in [-0.2, -0.15) is 4.68 Å². The largest absolute Gasteiger partial charge is 0.274 e. The van der Waals surface area contributed by atoms with Crippen molar-refractivity contribution in [3.63, 3.8) is 0 Å². The quantitative estimate of drug-likeness (QED) is 0.381. The molecule has 0 spiro atoms. The van der Waals surface area contributed by atoms with Crippen molar-refractivity contribution in [2.24, 2.45) is 4.99 Å². The molecule has 1 heterocycles. The van der Waals surface area contributed by atoms with Crippen molar-refractivity contribution in [1.82, 2.24) is 14.8 Å². The van der Waals surface area contributed by atoms with E-state index in [1.54, 1.807) is 17.9 Å². The Labute approximate surface area is 77.7 Å². The lowest BCUT2D eigenvalue weighted by molar-refractivity contribution is 0.910. The van der Waals surface area contributed by atoms with Crippen LogP contribution in [0.25, 0.3) is 0 Å². The molecule has 0 fully saturated rings. The van der Waals surface area contributed by atoms with Crippen molar-refractivity contribution in [3.8, 4) is 11.8 Å². The van der Waals surface area contributed by atoms with E-state index >= 15 is 0 Å². The van der Waals surface area contributed by atoms with Gasteiger partial charge in [0.25, 0.3) is 0 Å². The maximum atomic E-state index is 4.14. The van der Waals surface area contributed by atoms with Gasteiger partial charge in [-0.15, -0.1) is 5.10 Å². The molecule has 0 saturated heterocycles. The van der Waals surface area contributed by atoms with Gasteiger partial charge in [0.2, 0.25) is 5.82 Å². The molecule has 0 bridgehead atoms. The highest BCUT2D eigenvalue weighted by Crippen LogP contribution is 1.92. The van der Waals surface area contributed by atoms with E-state index in [4.69, 9.17) is 0 Å². The lowest BCUT2D eigenvalue weighted by Crippen LogP contribution is -2.01. The molecular weight excluding hydrogens is 164 g/mol. The molecule has 0 atom stereocenters. The first-order chi connectivity index (χ1) is 6.27. The predicted octanol–water partition coefficient (Wildman–Crippen LogP) is 0.854. The second kappa shape index (κ2) is 4.41. The summed E-state index contributed by atoms with van der Waals surface area (Å²) in [7, 11) is 0. The van der Waals surface area contributed by atoms with Crippen LogP contribution in [0.5, 0.6) is 0 Å². The third-order valence-corrected chi connectivity index (χ3v) is 1.35. The molecule has 0 amide bonds. The van der Waals surface area contributed by atoms with Crippen LogP contribution in [0.3, 0.4) is 0 Å². The second-order valence-electron chi connectivity index (χ2n) is 2.42. The molecule has 68 valence electrons. The van der Waals surface area contributed by atoms with Crippen LogP contribution in [-0.2, 0) is 0 Å². The van der Waals surface area contributed by atoms with Gasteiger partial charge in [0.05, 0.1) is 0 Å². The summed E-state index contributed by atoms with van der Waals surface area (Å²) < 4.78 is 1.59. The zero-order chi connectivity index (χ0) is 9.68. The number of nitrogens with zero attached hydrogens (tertiary/aromatic N) is 4. The fourth-order valence-corrected chi connectivity index (χ4v) is 0.867. The number of aliphatic imine (C=N–C) groups is 1. The molecule has 0 aliphatic rings. The van der Waals surface area contributed by atoms with Gasteiger partial charge in [-0.25, -0.2) is 4.98 Å². The zero-order valence-corrected chi connectivity index (χ0v) is 8.07. The van der Waals surface area contributed by atoms with E-state index < -0.39 is 0 Å². The average Bonchev–Trinajstić information content (AvgIpc) is 2.44. The van der Waals surface area contributed by atoms with Gasteiger partial charge in [-0.1, -0.05) is 5.92 Å². The molecule has 0 radical (unpaired) electrons. The summed E-state index contributed by atoms with van der Waals surface area (Å²) >= 11 is 0. The standard InChI is InChI=1S/C9H12N4/c1-4-6-9-11-8(3)12-13(9)7-10-5-2/h7H,5H2,1-3H3/b10-7-. The van der Waals surface area contributed by atoms with E-state index in [1.807, 2.05) is 13.8 Å². The van der Waals surface area contributed by atoms with E-state index in [0.717, 1.165) is 6.54 Å². The first-order valence-electron chi connectivity index (χ1n) is 4.13. The first kappa shape index (κ1) is 9.46. The van der Waals surface area contributed by atoms with E-state index in [1.165, 1.54) is 0 Å². The molecule has 4 nitrogen and oxygen atoms in total. The monoisotopic (exact) mass is 176 g/mol. The fraction of sp³-hybridized carbons (Fsp3) is 0.444. The highest BCUT2D eigenvalue weighted by molar-refractivity contribution is 5.59. The van der Waals surface area contributed by atoms with Crippen molar-refractivity contribution in [2.45, 2.75) is 20.8 Å². The number of hydrogen-bond acceptors (Lipinski definition) is 3. The molecule has 1 aromatic rings. The zero-order valence-electron chi connectivity index (χ0n) is 8.07. The van der Waals surface area contributed by atoms with Gasteiger partial charge in [-0.05, 0) is 26.7 Å². The minimum Gasteiger partial charge on any atom is -0.274 e. The number of aromatic nitrogens is 3. The Morgan fingerprint density at radius 2 is 2.38 bits per heavy atom. The summed E-state index contributed by atoms with van der Waals surface area (Å²) in [5, 5.41) is 4.12. The summed E-state index contributed by atoms with van der Waals surface area (Å²) in [4.78, 5) is 8.21. The Kier molecular flexibility index (Phi) is 3.21. The molecular formula is C9H12N4. The van der Waals surface area contributed by atoms with Crippen LogP contribution in [0.4, 0.5) is 0 Å².